The fourth-order valence-electron chi connectivity index (χ4n) is 0. The van der Waals surface area contributed by atoms with E-state index in [1.807, 2.05) is 0 Å². The Hall–Kier alpha value is -0.0512. The van der Waals surface area contributed by atoms with E-state index in [1.165, 1.54) is 0 Å². The number of aliphatic carboxylic acids is 6. The summed E-state index contributed by atoms with van der Waals surface area (Å²) in [5, 5.41) is 53.6. The average Bonchev–Trinajstić information content (AvgIpc) is 2.18. The van der Waals surface area contributed by atoms with Crippen molar-refractivity contribution in [2.45, 2.75) is 0 Å². The molecule has 0 heterocycles. The molecule has 0 aliphatic heterocycles. The first-order valence-electron chi connectivity index (χ1n) is 3.20. The number of hydrogen-bond donors (Lipinski definition) is 0. The molecule has 21 heavy (non-hydrogen) atoms. The Morgan fingerprint density at radius 3 is 0.429 bits per heavy atom. The third-order valence-electron chi connectivity index (χ3n) is 0.500. The summed E-state index contributed by atoms with van der Waals surface area (Å²) in [7, 11) is 0. The van der Waals surface area contributed by atoms with Crippen LogP contribution in [0.3, 0.4) is 0 Å². The van der Waals surface area contributed by atoms with E-state index in [9.17, 15) is 0 Å². The third-order valence-corrected chi connectivity index (χ3v) is 0.500. The van der Waals surface area contributed by atoms with E-state index in [2.05, 4.69) is 0 Å². The van der Waals surface area contributed by atoms with Crippen molar-refractivity contribution in [2.75, 3.05) is 0 Å². The average molecular weight is 586 g/mol. The molecule has 0 fully saturated rings. The zero-order valence-corrected chi connectivity index (χ0v) is 14.0. The Bertz CT molecular complexity index is 282. The first kappa shape index (κ1) is 37.3. The van der Waals surface area contributed by atoms with Gasteiger partial charge < -0.3 is 64.9 Å². The molecule has 0 aromatic carbocycles. The second-order valence-electron chi connectivity index (χ2n) is 1.72. The monoisotopic (exact) mass is 588 g/mol. The van der Waals surface area contributed by atoms with E-state index in [1.54, 1.807) is 0 Å². The van der Waals surface area contributed by atoms with Crippen LogP contribution in [0, 0.1) is 98.8 Å². The number of carboxylic acid groups (broad SMARTS) is 6. The predicted octanol–water partition coefficient (Wildman–Crippen LogP) is -11.4. The van der Waals surface area contributed by atoms with Crippen LogP contribution in [-0.2, 0) is 28.8 Å². The van der Waals surface area contributed by atoms with Gasteiger partial charge in [-0.15, -0.1) is 0 Å². The molecule has 2 N–H and O–H groups in total. The molecule has 13 nitrogen and oxygen atoms in total. The van der Waals surface area contributed by atoms with Crippen molar-refractivity contribution in [3.63, 3.8) is 0 Å². The molecule has 0 aromatic heterocycles. The van der Waals surface area contributed by atoms with Crippen molar-refractivity contribution in [2.24, 2.45) is 0 Å². The zero-order chi connectivity index (χ0) is 15.5. The van der Waals surface area contributed by atoms with Gasteiger partial charge in [-0.05, 0) is 0 Å². The van der Waals surface area contributed by atoms with Crippen LogP contribution in [-0.4, -0.2) is 41.3 Å². The fourth-order valence-corrected chi connectivity index (χ4v) is 0. The Kier molecular flexibility index (Phi) is 39.5. The van der Waals surface area contributed by atoms with Gasteiger partial charge >= 0.3 is 98.8 Å². The molecule has 0 unspecified atom stereocenters. The number of carboxylic acids is 6. The van der Waals surface area contributed by atoms with Gasteiger partial charge in [0.25, 0.3) is 0 Å². The van der Waals surface area contributed by atoms with Crippen molar-refractivity contribution in [1.29, 1.82) is 0 Å². The summed E-state index contributed by atoms with van der Waals surface area (Å²) >= 11 is 0. The molecule has 15 heteroatoms. The smallest absolute Gasteiger partial charge is 0.543 e. The summed E-state index contributed by atoms with van der Waals surface area (Å²) in [6.07, 6.45) is 0. The molecule has 118 valence electrons. The van der Waals surface area contributed by atoms with E-state index in [0.29, 0.717) is 0 Å². The summed E-state index contributed by atoms with van der Waals surface area (Å²) in [5.41, 5.74) is 0. The molecule has 0 rings (SSSR count). The fraction of sp³-hybridized carbons (Fsp3) is 0. The summed E-state index contributed by atoms with van der Waals surface area (Å²) in [6, 6.07) is 0. The summed E-state index contributed by atoms with van der Waals surface area (Å²) in [4.78, 5) is 53.6. The quantitative estimate of drug-likeness (QED) is 0.239. The van der Waals surface area contributed by atoms with E-state index >= 15 is 0 Å². The van der Waals surface area contributed by atoms with E-state index in [4.69, 9.17) is 59.4 Å². The van der Waals surface area contributed by atoms with Crippen molar-refractivity contribution in [1.82, 2.24) is 0 Å². The minimum atomic E-state index is -2.19. The second kappa shape index (κ2) is 22.2. The zero-order valence-electron chi connectivity index (χ0n) is 9.15. The van der Waals surface area contributed by atoms with Crippen molar-refractivity contribution >= 4 is 35.8 Å². The Labute approximate surface area is 196 Å². The maximum atomic E-state index is 8.93. The normalized spacial score (nSPS) is 6.29. The first-order valence-corrected chi connectivity index (χ1v) is 3.20. The first-order chi connectivity index (χ1) is 7.93. The standard InChI is InChI=1S/3C2H2O4.2Eu.H2O/c3*3-1(4)2(5)6;;;/h3*(H,3,4)(H,5,6);;;1H2/q;;;2*+3;/p-6. The Morgan fingerprint density at radius 2 is 0.429 bits per heavy atom. The van der Waals surface area contributed by atoms with E-state index in [-0.39, 0.29) is 104 Å². The maximum absolute atomic E-state index is 8.93. The van der Waals surface area contributed by atoms with Gasteiger partial charge in [-0.3, -0.25) is 0 Å². The van der Waals surface area contributed by atoms with Gasteiger partial charge in [0.15, 0.2) is 0 Å². The van der Waals surface area contributed by atoms with Crippen molar-refractivity contribution in [3.8, 4) is 0 Å². The number of carbonyl (C=O) groups excluding carboxylic acids is 6. The molecule has 0 bridgehead atoms. The van der Waals surface area contributed by atoms with Gasteiger partial charge in [0.05, 0.1) is 35.8 Å². The molecular weight excluding hydrogens is 584 g/mol. The minimum Gasteiger partial charge on any atom is -0.543 e. The minimum absolute atomic E-state index is 0. The molecule has 0 aliphatic rings. The second-order valence-corrected chi connectivity index (χ2v) is 1.72. The molecular formula is C6H2Eu2O13. The van der Waals surface area contributed by atoms with Crippen LogP contribution in [0.25, 0.3) is 0 Å². The van der Waals surface area contributed by atoms with Crippen LogP contribution in [0.2, 0.25) is 0 Å². The van der Waals surface area contributed by atoms with Crippen LogP contribution in [0.5, 0.6) is 0 Å². The maximum Gasteiger partial charge on any atom is 3.00 e. The summed E-state index contributed by atoms with van der Waals surface area (Å²) in [6.45, 7) is 0. The SMILES string of the molecule is O.O=C([O-])C(=O)[O-].O=C([O-])C(=O)[O-].O=C([O-])C(=O)[O-].[Eu+3].[Eu+3]. The van der Waals surface area contributed by atoms with E-state index in [0.717, 1.165) is 0 Å². The Balaban J connectivity index is -0.0000000375. The van der Waals surface area contributed by atoms with Gasteiger partial charge in [-0.1, -0.05) is 0 Å². The van der Waals surface area contributed by atoms with Crippen LogP contribution in [0.15, 0.2) is 0 Å². The number of carbonyl (C=O) groups is 6. The molecule has 0 radical (unpaired) electrons. The summed E-state index contributed by atoms with van der Waals surface area (Å²) in [5.74, 6) is -13.1. The third kappa shape index (κ3) is 45.0. The topological polar surface area (TPSA) is 272 Å². The van der Waals surface area contributed by atoms with Crippen molar-refractivity contribution < 1.29 is 164 Å². The van der Waals surface area contributed by atoms with Gasteiger partial charge in [0.1, 0.15) is 0 Å². The molecule has 0 atom stereocenters. The molecule has 0 saturated heterocycles. The van der Waals surface area contributed by atoms with Gasteiger partial charge in [-0.2, -0.15) is 0 Å². The van der Waals surface area contributed by atoms with Crippen molar-refractivity contribution in [3.05, 3.63) is 0 Å². The van der Waals surface area contributed by atoms with Gasteiger partial charge in [0, 0.05) is 0 Å². The molecule has 0 spiro atoms. The number of rotatable bonds is 0. The molecule has 0 amide bonds. The Morgan fingerprint density at radius 1 is 0.381 bits per heavy atom. The van der Waals surface area contributed by atoms with Gasteiger partial charge in [0.2, 0.25) is 0 Å². The number of hydrogen-bond acceptors (Lipinski definition) is 12. The summed E-state index contributed by atoms with van der Waals surface area (Å²) < 4.78 is 0. The van der Waals surface area contributed by atoms with Crippen LogP contribution >= 0.6 is 0 Å². The van der Waals surface area contributed by atoms with Crippen LogP contribution in [0.1, 0.15) is 0 Å². The van der Waals surface area contributed by atoms with E-state index < -0.39 is 35.8 Å². The van der Waals surface area contributed by atoms with Crippen LogP contribution in [0.4, 0.5) is 0 Å². The largest absolute Gasteiger partial charge is 3.00 e. The predicted molar refractivity (Wildman–Crippen MR) is 33.7 cm³/mol. The van der Waals surface area contributed by atoms with Crippen LogP contribution < -0.4 is 30.6 Å². The molecule has 0 aromatic rings. The molecule has 0 saturated carbocycles. The van der Waals surface area contributed by atoms with Gasteiger partial charge in [-0.25, -0.2) is 0 Å². The molecule has 0 aliphatic carbocycles.